The Bertz CT molecular complexity index is 351. The maximum atomic E-state index is 12.3. The molecule has 0 saturated heterocycles. The number of benzene rings is 1. The van der Waals surface area contributed by atoms with Crippen LogP contribution in [-0.2, 0) is 16.6 Å². The van der Waals surface area contributed by atoms with Gasteiger partial charge in [-0.2, -0.15) is 13.2 Å². The van der Waals surface area contributed by atoms with Gasteiger partial charge >= 0.3 is 6.18 Å². The molecule has 0 amide bonds. The molecule has 0 unspecified atom stereocenters. The van der Waals surface area contributed by atoms with Crippen molar-refractivity contribution in [2.24, 2.45) is 0 Å². The normalized spacial score (nSPS) is 13.1. The summed E-state index contributed by atoms with van der Waals surface area (Å²) in [6.07, 6.45) is -4.52. The van der Waals surface area contributed by atoms with Crippen LogP contribution in [0.1, 0.15) is 11.1 Å². The molecule has 3 nitrogen and oxygen atoms in total. The molecule has 0 fully saturated rings. The quantitative estimate of drug-likeness (QED) is 0.567. The molecule has 0 bridgehead atoms. The molecular formula is C8H9F3O3Si. The number of alkyl halides is 3. The van der Waals surface area contributed by atoms with E-state index in [4.69, 9.17) is 0 Å². The molecule has 0 spiro atoms. The van der Waals surface area contributed by atoms with E-state index in [1.54, 1.807) is 0 Å². The van der Waals surface area contributed by atoms with Crippen LogP contribution < -0.4 is 0 Å². The summed E-state index contributed by atoms with van der Waals surface area (Å²) in [7, 11) is -0.0119. The van der Waals surface area contributed by atoms with E-state index in [-0.39, 0.29) is 16.0 Å². The van der Waals surface area contributed by atoms with Crippen molar-refractivity contribution in [3.05, 3.63) is 35.4 Å². The highest BCUT2D eigenvalue weighted by Crippen LogP contribution is 2.31. The fourth-order valence-corrected chi connectivity index (χ4v) is 1.25. The van der Waals surface area contributed by atoms with Gasteiger partial charge in [-0.25, -0.2) is 0 Å². The molecule has 0 radical (unpaired) electrons. The van der Waals surface area contributed by atoms with E-state index < -0.39 is 17.7 Å². The average Bonchev–Trinajstić information content (AvgIpc) is 2.17. The third-order valence-electron chi connectivity index (χ3n) is 1.85. The fourth-order valence-electron chi connectivity index (χ4n) is 1.02. The van der Waals surface area contributed by atoms with Crippen molar-refractivity contribution in [2.75, 3.05) is 0 Å². The molecule has 2 N–H and O–H groups in total. The van der Waals surface area contributed by atoms with Gasteiger partial charge in [-0.05, 0) is 12.1 Å². The molecule has 7 heteroatoms. The zero-order valence-electron chi connectivity index (χ0n) is 7.75. The van der Waals surface area contributed by atoms with Crippen LogP contribution in [0.5, 0.6) is 0 Å². The fraction of sp³-hybridized carbons (Fsp3) is 0.250. The molecule has 0 aliphatic carbocycles. The molecule has 0 aliphatic rings. The lowest BCUT2D eigenvalue weighted by Crippen LogP contribution is -2.28. The van der Waals surface area contributed by atoms with Gasteiger partial charge in [0, 0.05) is 5.56 Å². The first-order chi connectivity index (χ1) is 6.77. The van der Waals surface area contributed by atoms with Gasteiger partial charge in [0.2, 0.25) is 0 Å². The molecule has 1 rings (SSSR count). The third-order valence-corrected chi connectivity index (χ3v) is 2.42. The minimum atomic E-state index is -4.52. The van der Waals surface area contributed by atoms with Gasteiger partial charge in [0.05, 0.1) is 5.56 Å². The van der Waals surface area contributed by atoms with E-state index >= 15 is 0 Å². The molecular weight excluding hydrogens is 229 g/mol. The van der Waals surface area contributed by atoms with Gasteiger partial charge in [0.15, 0.2) is 10.5 Å². The Morgan fingerprint density at radius 3 is 2.13 bits per heavy atom. The first-order valence-electron chi connectivity index (χ1n) is 3.95. The van der Waals surface area contributed by atoms with Crippen molar-refractivity contribution in [1.29, 1.82) is 0 Å². The monoisotopic (exact) mass is 238 g/mol. The molecule has 0 saturated carbocycles. The third kappa shape index (κ3) is 2.78. The van der Waals surface area contributed by atoms with Crippen molar-refractivity contribution < 1.29 is 27.8 Å². The highest BCUT2D eigenvalue weighted by molar-refractivity contribution is 5.98. The van der Waals surface area contributed by atoms with E-state index in [1.165, 1.54) is 0 Å². The first kappa shape index (κ1) is 12.2. The van der Waals surface area contributed by atoms with Gasteiger partial charge in [-0.1, -0.05) is 12.1 Å². The maximum Gasteiger partial charge on any atom is 0.416 e. The van der Waals surface area contributed by atoms with E-state index in [0.717, 1.165) is 18.2 Å². The zero-order valence-corrected chi connectivity index (χ0v) is 9.75. The second-order valence-corrected chi connectivity index (χ2v) is 3.30. The molecule has 1 aromatic rings. The molecule has 0 atom stereocenters. The van der Waals surface area contributed by atoms with Gasteiger partial charge in [0.25, 0.3) is 5.97 Å². The van der Waals surface area contributed by atoms with Crippen molar-refractivity contribution >= 4 is 10.5 Å². The largest absolute Gasteiger partial charge is 0.416 e. The van der Waals surface area contributed by atoms with Crippen LogP contribution >= 0.6 is 0 Å². The Labute approximate surface area is 86.7 Å². The summed E-state index contributed by atoms with van der Waals surface area (Å²) in [6.45, 7) is 0. The lowest BCUT2D eigenvalue weighted by atomic mass is 10.1. The van der Waals surface area contributed by atoms with E-state index in [2.05, 4.69) is 4.43 Å². The van der Waals surface area contributed by atoms with Crippen LogP contribution in [0.15, 0.2) is 24.3 Å². The topological polar surface area (TPSA) is 49.7 Å². The van der Waals surface area contributed by atoms with Crippen molar-refractivity contribution in [1.82, 2.24) is 0 Å². The van der Waals surface area contributed by atoms with Gasteiger partial charge in [-0.3, -0.25) is 0 Å². The number of halogens is 3. The molecule has 0 aromatic heterocycles. The van der Waals surface area contributed by atoms with Crippen LogP contribution in [-0.4, -0.2) is 20.7 Å². The predicted molar refractivity (Wildman–Crippen MR) is 48.6 cm³/mol. The average molecular weight is 238 g/mol. The van der Waals surface area contributed by atoms with Crippen LogP contribution in [0.3, 0.4) is 0 Å². The van der Waals surface area contributed by atoms with Gasteiger partial charge in [-0.15, -0.1) is 0 Å². The maximum absolute atomic E-state index is 12.3. The van der Waals surface area contributed by atoms with Crippen LogP contribution in [0, 0.1) is 0 Å². The summed E-state index contributed by atoms with van der Waals surface area (Å²) in [5.74, 6) is -2.65. The number of hydrogen-bond donors (Lipinski definition) is 2. The summed E-state index contributed by atoms with van der Waals surface area (Å²) >= 11 is 0. The SMILES string of the molecule is OC(O)(O[SiH3])c1cccc(C(F)(F)F)c1. The van der Waals surface area contributed by atoms with Gasteiger partial charge in [0.1, 0.15) is 0 Å². The van der Waals surface area contributed by atoms with E-state index in [1.807, 2.05) is 0 Å². The van der Waals surface area contributed by atoms with Crippen molar-refractivity contribution in [3.8, 4) is 0 Å². The molecule has 15 heavy (non-hydrogen) atoms. The Balaban J connectivity index is 3.14. The second-order valence-electron chi connectivity index (χ2n) is 2.89. The van der Waals surface area contributed by atoms with Crippen molar-refractivity contribution in [2.45, 2.75) is 12.1 Å². The highest BCUT2D eigenvalue weighted by atomic mass is 28.2. The minimum absolute atomic E-state index is 0.0119. The minimum Gasteiger partial charge on any atom is -0.377 e. The van der Waals surface area contributed by atoms with Crippen molar-refractivity contribution in [3.63, 3.8) is 0 Å². The lowest BCUT2D eigenvalue weighted by molar-refractivity contribution is -0.303. The Kier molecular flexibility index (Phi) is 3.19. The zero-order chi connectivity index (χ0) is 11.7. The Morgan fingerprint density at radius 2 is 1.67 bits per heavy atom. The Morgan fingerprint density at radius 1 is 1.13 bits per heavy atom. The van der Waals surface area contributed by atoms with E-state index in [0.29, 0.717) is 6.07 Å². The standard InChI is InChI=1S/C8H9F3O3Si/c9-7(10,11)5-2-1-3-6(4-5)8(12,13)14-15/h1-4,12-13H,15H3. The summed E-state index contributed by atoms with van der Waals surface area (Å²) in [5.41, 5.74) is -1.29. The molecule has 0 aliphatic heterocycles. The molecule has 84 valence electrons. The number of rotatable bonds is 2. The van der Waals surface area contributed by atoms with Crippen LogP contribution in [0.4, 0.5) is 13.2 Å². The number of aliphatic hydroxyl groups is 2. The summed E-state index contributed by atoms with van der Waals surface area (Å²) in [4.78, 5) is 0. The predicted octanol–water partition coefficient (Wildman–Crippen LogP) is 0.0973. The smallest absolute Gasteiger partial charge is 0.377 e. The lowest BCUT2D eigenvalue weighted by Gasteiger charge is -2.21. The molecule has 0 heterocycles. The van der Waals surface area contributed by atoms with Crippen LogP contribution in [0.25, 0.3) is 0 Å². The van der Waals surface area contributed by atoms with E-state index in [9.17, 15) is 23.4 Å². The van der Waals surface area contributed by atoms with Gasteiger partial charge < -0.3 is 14.6 Å². The summed E-state index contributed by atoms with van der Waals surface area (Å²) in [6, 6.07) is 3.71. The summed E-state index contributed by atoms with van der Waals surface area (Å²) < 4.78 is 41.2. The molecule has 1 aromatic carbocycles. The van der Waals surface area contributed by atoms with Crippen LogP contribution in [0.2, 0.25) is 0 Å². The second kappa shape index (κ2) is 3.93. The summed E-state index contributed by atoms with van der Waals surface area (Å²) in [5, 5.41) is 18.4. The Hall–Kier alpha value is -0.893. The first-order valence-corrected chi connectivity index (χ1v) is 4.76. The highest BCUT2D eigenvalue weighted by Gasteiger charge is 2.33. The number of hydrogen-bond acceptors (Lipinski definition) is 3.